The molecule has 0 saturated heterocycles. The van der Waals surface area contributed by atoms with Crippen LogP contribution in [0.1, 0.15) is 37.9 Å². The minimum Gasteiger partial charge on any atom is -0.328 e. The van der Waals surface area contributed by atoms with E-state index in [1.165, 1.54) is 6.07 Å². The van der Waals surface area contributed by atoms with E-state index in [0.717, 1.165) is 37.1 Å². The molecule has 1 aromatic carbocycles. The fraction of sp³-hybridized carbons (Fsp3) is 0.500. The Morgan fingerprint density at radius 2 is 2.28 bits per heavy atom. The van der Waals surface area contributed by atoms with E-state index >= 15 is 0 Å². The van der Waals surface area contributed by atoms with Crippen molar-refractivity contribution in [2.24, 2.45) is 5.73 Å². The summed E-state index contributed by atoms with van der Waals surface area (Å²) in [5.74, 6) is 1.15. The van der Waals surface area contributed by atoms with Crippen LogP contribution in [0, 0.1) is 5.82 Å². The quantitative estimate of drug-likeness (QED) is 0.886. The summed E-state index contributed by atoms with van der Waals surface area (Å²) in [6.45, 7) is 2.89. The van der Waals surface area contributed by atoms with Gasteiger partial charge in [-0.1, -0.05) is 6.07 Å². The Morgan fingerprint density at radius 1 is 1.44 bits per heavy atom. The minimum atomic E-state index is -0.233. The number of nitrogens with two attached hydrogens (primary N) is 1. The second-order valence-electron chi connectivity index (χ2n) is 5.09. The average Bonchev–Trinajstić information content (AvgIpc) is 2.93. The number of imidazole rings is 1. The van der Waals surface area contributed by atoms with Crippen LogP contribution >= 0.6 is 0 Å². The second kappa shape index (κ2) is 4.35. The maximum atomic E-state index is 13.8. The fourth-order valence-electron chi connectivity index (χ4n) is 3.03. The highest BCUT2D eigenvalue weighted by Crippen LogP contribution is 2.35. The summed E-state index contributed by atoms with van der Waals surface area (Å²) in [6.07, 6.45) is 3.07. The molecule has 1 aromatic heterocycles. The number of hydrogen-bond acceptors (Lipinski definition) is 2. The molecular formula is C14H18FN3. The van der Waals surface area contributed by atoms with Crippen LogP contribution in [0.3, 0.4) is 0 Å². The standard InChI is InChI=1S/C14H18FN3/c1-2-18-12-5-3-4-11(15)13(12)17-14(18)9-6-7-10(16)8-9/h3-5,9-10H,2,6-8,16H2,1H3. The second-order valence-corrected chi connectivity index (χ2v) is 5.09. The van der Waals surface area contributed by atoms with Crippen molar-refractivity contribution in [1.29, 1.82) is 0 Å². The Morgan fingerprint density at radius 3 is 2.94 bits per heavy atom. The van der Waals surface area contributed by atoms with Gasteiger partial charge in [-0.15, -0.1) is 0 Å². The molecule has 0 spiro atoms. The van der Waals surface area contributed by atoms with E-state index in [2.05, 4.69) is 16.5 Å². The maximum Gasteiger partial charge on any atom is 0.151 e. The van der Waals surface area contributed by atoms with Gasteiger partial charge in [-0.2, -0.15) is 0 Å². The van der Waals surface area contributed by atoms with Gasteiger partial charge in [0.25, 0.3) is 0 Å². The normalized spacial score (nSPS) is 23.9. The highest BCUT2D eigenvalue weighted by molar-refractivity contribution is 5.76. The van der Waals surface area contributed by atoms with Crippen molar-refractivity contribution in [3.05, 3.63) is 29.8 Å². The number of para-hydroxylation sites is 1. The van der Waals surface area contributed by atoms with Crippen LogP contribution in [0.4, 0.5) is 4.39 Å². The number of benzene rings is 1. The van der Waals surface area contributed by atoms with E-state index in [0.29, 0.717) is 11.4 Å². The first-order valence-corrected chi connectivity index (χ1v) is 6.61. The van der Waals surface area contributed by atoms with Crippen LogP contribution < -0.4 is 5.73 Å². The third kappa shape index (κ3) is 1.72. The number of fused-ring (bicyclic) bond motifs is 1. The predicted octanol–water partition coefficient (Wildman–Crippen LogP) is 2.79. The largest absolute Gasteiger partial charge is 0.328 e. The molecule has 0 aliphatic heterocycles. The smallest absolute Gasteiger partial charge is 0.151 e. The Kier molecular flexibility index (Phi) is 2.82. The minimum absolute atomic E-state index is 0.233. The van der Waals surface area contributed by atoms with Gasteiger partial charge in [0.05, 0.1) is 5.52 Å². The van der Waals surface area contributed by atoms with Crippen molar-refractivity contribution in [3.8, 4) is 0 Å². The molecule has 4 heteroatoms. The van der Waals surface area contributed by atoms with E-state index in [1.807, 2.05) is 6.07 Å². The monoisotopic (exact) mass is 247 g/mol. The van der Waals surface area contributed by atoms with E-state index in [-0.39, 0.29) is 11.9 Å². The molecule has 0 radical (unpaired) electrons. The Hall–Kier alpha value is -1.42. The summed E-state index contributed by atoms with van der Waals surface area (Å²) in [5, 5.41) is 0. The van der Waals surface area contributed by atoms with Crippen molar-refractivity contribution in [1.82, 2.24) is 9.55 Å². The third-order valence-corrected chi connectivity index (χ3v) is 3.91. The van der Waals surface area contributed by atoms with Gasteiger partial charge in [0.1, 0.15) is 11.3 Å². The zero-order valence-corrected chi connectivity index (χ0v) is 10.6. The lowest BCUT2D eigenvalue weighted by Gasteiger charge is -2.11. The molecule has 2 unspecified atom stereocenters. The van der Waals surface area contributed by atoms with Gasteiger partial charge >= 0.3 is 0 Å². The summed E-state index contributed by atoms with van der Waals surface area (Å²) in [6, 6.07) is 5.42. The van der Waals surface area contributed by atoms with E-state index in [4.69, 9.17) is 5.73 Å². The molecule has 3 nitrogen and oxygen atoms in total. The zero-order chi connectivity index (χ0) is 12.7. The number of aromatic nitrogens is 2. The molecule has 0 amide bonds. The highest BCUT2D eigenvalue weighted by Gasteiger charge is 2.28. The number of rotatable bonds is 2. The van der Waals surface area contributed by atoms with Gasteiger partial charge in [0.15, 0.2) is 5.82 Å². The van der Waals surface area contributed by atoms with E-state index in [9.17, 15) is 4.39 Å². The number of hydrogen-bond donors (Lipinski definition) is 1. The van der Waals surface area contributed by atoms with Gasteiger partial charge in [-0.25, -0.2) is 9.37 Å². The maximum absolute atomic E-state index is 13.8. The lowest BCUT2D eigenvalue weighted by Crippen LogP contribution is -2.15. The summed E-state index contributed by atoms with van der Waals surface area (Å²) >= 11 is 0. The van der Waals surface area contributed by atoms with Crippen molar-refractivity contribution >= 4 is 11.0 Å². The van der Waals surface area contributed by atoms with Gasteiger partial charge in [0.2, 0.25) is 0 Å². The van der Waals surface area contributed by atoms with Crippen molar-refractivity contribution < 1.29 is 4.39 Å². The van der Waals surface area contributed by atoms with Crippen LogP contribution in [-0.4, -0.2) is 15.6 Å². The van der Waals surface area contributed by atoms with Crippen molar-refractivity contribution in [2.75, 3.05) is 0 Å². The first kappa shape index (κ1) is 11.7. The van der Waals surface area contributed by atoms with Crippen LogP contribution in [-0.2, 0) is 6.54 Å². The van der Waals surface area contributed by atoms with Gasteiger partial charge < -0.3 is 10.3 Å². The Labute approximate surface area is 106 Å². The highest BCUT2D eigenvalue weighted by atomic mass is 19.1. The number of halogens is 1. The first-order chi connectivity index (χ1) is 8.70. The summed E-state index contributed by atoms with van der Waals surface area (Å²) < 4.78 is 15.9. The van der Waals surface area contributed by atoms with Crippen LogP contribution in [0.15, 0.2) is 18.2 Å². The molecular weight excluding hydrogens is 229 g/mol. The molecule has 2 atom stereocenters. The molecule has 2 aromatic rings. The lowest BCUT2D eigenvalue weighted by atomic mass is 10.1. The number of aryl methyl sites for hydroxylation is 1. The molecule has 1 aliphatic rings. The molecule has 96 valence electrons. The zero-order valence-electron chi connectivity index (χ0n) is 10.6. The first-order valence-electron chi connectivity index (χ1n) is 6.61. The van der Waals surface area contributed by atoms with Crippen LogP contribution in [0.5, 0.6) is 0 Å². The van der Waals surface area contributed by atoms with Gasteiger partial charge in [0, 0.05) is 18.5 Å². The summed E-state index contributed by atoms with van der Waals surface area (Å²) in [4.78, 5) is 4.53. The lowest BCUT2D eigenvalue weighted by molar-refractivity contribution is 0.597. The van der Waals surface area contributed by atoms with E-state index < -0.39 is 0 Å². The topological polar surface area (TPSA) is 43.8 Å². The third-order valence-electron chi connectivity index (χ3n) is 3.91. The molecule has 1 saturated carbocycles. The molecule has 1 aliphatic carbocycles. The van der Waals surface area contributed by atoms with Crippen LogP contribution in [0.25, 0.3) is 11.0 Å². The molecule has 1 fully saturated rings. The van der Waals surface area contributed by atoms with Gasteiger partial charge in [-0.05, 0) is 38.3 Å². The molecule has 0 bridgehead atoms. The van der Waals surface area contributed by atoms with Crippen molar-refractivity contribution in [2.45, 2.75) is 44.7 Å². The fourth-order valence-corrected chi connectivity index (χ4v) is 3.03. The van der Waals surface area contributed by atoms with Crippen molar-refractivity contribution in [3.63, 3.8) is 0 Å². The Balaban J connectivity index is 2.14. The average molecular weight is 247 g/mol. The Bertz CT molecular complexity index is 576. The number of nitrogens with zero attached hydrogens (tertiary/aromatic N) is 2. The molecule has 1 heterocycles. The summed E-state index contributed by atoms with van der Waals surface area (Å²) in [5.41, 5.74) is 7.36. The SMILES string of the molecule is CCn1c(C2CCC(N)C2)nc2c(F)cccc21. The predicted molar refractivity (Wildman–Crippen MR) is 69.9 cm³/mol. The molecule has 18 heavy (non-hydrogen) atoms. The molecule has 3 rings (SSSR count). The van der Waals surface area contributed by atoms with Crippen LogP contribution in [0.2, 0.25) is 0 Å². The summed E-state index contributed by atoms with van der Waals surface area (Å²) in [7, 11) is 0. The van der Waals surface area contributed by atoms with E-state index in [1.54, 1.807) is 6.07 Å². The van der Waals surface area contributed by atoms with Gasteiger partial charge in [-0.3, -0.25) is 0 Å². The molecule has 2 N–H and O–H groups in total.